The molecule has 5 heteroatoms. The maximum atomic E-state index is 5.50. The third kappa shape index (κ3) is 5.75. The average molecular weight is 894 g/mol. The van der Waals surface area contributed by atoms with Crippen molar-refractivity contribution in [3.63, 3.8) is 0 Å². The van der Waals surface area contributed by atoms with Crippen molar-refractivity contribution >= 4 is 62.0 Å². The van der Waals surface area contributed by atoms with Gasteiger partial charge in [-0.1, -0.05) is 176 Å². The van der Waals surface area contributed by atoms with Crippen LogP contribution in [-0.4, -0.2) is 27.5 Å². The van der Waals surface area contributed by atoms with Gasteiger partial charge in [-0.3, -0.25) is 4.99 Å². The number of benzene rings is 10. The number of aliphatic imine (C=N–C) groups is 3. The molecule has 0 unspecified atom stereocenters. The highest BCUT2D eigenvalue weighted by atomic mass is 15.0. The molecule has 1 spiro atoms. The van der Waals surface area contributed by atoms with Crippen molar-refractivity contribution in [3.05, 3.63) is 276 Å². The minimum atomic E-state index is -0.583. The largest absolute Gasteiger partial charge is 0.309 e. The van der Waals surface area contributed by atoms with E-state index in [1.165, 1.54) is 77.1 Å². The molecule has 0 amide bonds. The maximum absolute atomic E-state index is 5.50. The fraction of sp³-hybridized carbons (Fsp3) is 0.0308. The molecule has 2 aromatic heterocycles. The summed E-state index contributed by atoms with van der Waals surface area (Å²) >= 11 is 0. The maximum Gasteiger partial charge on any atom is 0.161 e. The van der Waals surface area contributed by atoms with Crippen LogP contribution in [0.5, 0.6) is 0 Å². The topological polar surface area (TPSA) is 46.9 Å². The van der Waals surface area contributed by atoms with Crippen LogP contribution in [0, 0.1) is 0 Å². The van der Waals surface area contributed by atoms with Crippen molar-refractivity contribution in [2.75, 3.05) is 0 Å². The molecule has 0 atom stereocenters. The van der Waals surface area contributed by atoms with Crippen LogP contribution in [0.4, 0.5) is 0 Å². The summed E-state index contributed by atoms with van der Waals surface area (Å²) in [4.78, 5) is 15.7. The molecule has 0 fully saturated rings. The van der Waals surface area contributed by atoms with Crippen LogP contribution in [0.25, 0.3) is 77.2 Å². The first-order valence-corrected chi connectivity index (χ1v) is 23.9. The van der Waals surface area contributed by atoms with Crippen LogP contribution in [0.2, 0.25) is 0 Å². The van der Waals surface area contributed by atoms with E-state index in [2.05, 4.69) is 252 Å². The quantitative estimate of drug-likeness (QED) is 0.118. The lowest BCUT2D eigenvalue weighted by Crippen LogP contribution is -2.28. The molecule has 2 aliphatic carbocycles. The van der Waals surface area contributed by atoms with E-state index >= 15 is 0 Å². The summed E-state index contributed by atoms with van der Waals surface area (Å²) in [7, 11) is 0. The lowest BCUT2D eigenvalue weighted by Gasteiger charge is -2.32. The van der Waals surface area contributed by atoms with Crippen molar-refractivity contribution in [2.24, 2.45) is 15.0 Å². The molecule has 5 nitrogen and oxygen atoms in total. The summed E-state index contributed by atoms with van der Waals surface area (Å²) < 4.78 is 4.68. The predicted molar refractivity (Wildman–Crippen MR) is 291 cm³/mol. The third-order valence-corrected chi connectivity index (χ3v) is 14.8. The Morgan fingerprint density at radius 2 is 0.786 bits per heavy atom. The summed E-state index contributed by atoms with van der Waals surface area (Å²) in [5.74, 6) is 1.11. The summed E-state index contributed by atoms with van der Waals surface area (Å²) in [5, 5.41) is 4.93. The SMILES string of the molecule is C=NC(=NC(=NCc1ccc(-n2c3ccccc3c3ccccc32)cc1)c1ccc(-n2c3ccccc3c3ccccc32)cc1)c1cccc2c1C1(c3ccccc3-c3ccccc31)c1ccccc1-2. The van der Waals surface area contributed by atoms with Crippen molar-refractivity contribution < 1.29 is 0 Å². The molecule has 2 heterocycles. The Kier molecular flexibility index (Phi) is 8.95. The number of amidine groups is 2. The van der Waals surface area contributed by atoms with E-state index < -0.39 is 5.41 Å². The van der Waals surface area contributed by atoms with Gasteiger partial charge in [-0.15, -0.1) is 0 Å². The first kappa shape index (κ1) is 39.9. The fourth-order valence-corrected chi connectivity index (χ4v) is 11.9. The van der Waals surface area contributed by atoms with Crippen LogP contribution in [-0.2, 0) is 12.0 Å². The zero-order chi connectivity index (χ0) is 46.3. The molecule has 0 aliphatic heterocycles. The van der Waals surface area contributed by atoms with E-state index in [1.54, 1.807) is 0 Å². The van der Waals surface area contributed by atoms with Gasteiger partial charge in [0.2, 0.25) is 0 Å². The Bertz CT molecular complexity index is 3990. The number of fused-ring (bicyclic) bond motifs is 16. The van der Waals surface area contributed by atoms with E-state index in [0.717, 1.165) is 39.1 Å². The summed E-state index contributed by atoms with van der Waals surface area (Å²) in [5.41, 5.74) is 19.0. The molecule has 70 heavy (non-hydrogen) atoms. The Balaban J connectivity index is 0.926. The third-order valence-electron chi connectivity index (χ3n) is 14.8. The monoisotopic (exact) mass is 893 g/mol. The second-order valence-corrected chi connectivity index (χ2v) is 18.3. The molecule has 0 saturated heterocycles. The lowest BCUT2D eigenvalue weighted by atomic mass is 9.69. The first-order chi connectivity index (χ1) is 34.7. The van der Waals surface area contributed by atoms with Crippen LogP contribution >= 0.6 is 0 Å². The van der Waals surface area contributed by atoms with Gasteiger partial charge in [-0.05, 0) is 117 Å². The fourth-order valence-electron chi connectivity index (χ4n) is 11.9. The van der Waals surface area contributed by atoms with E-state index in [-0.39, 0.29) is 0 Å². The molecule has 10 aromatic carbocycles. The molecule has 328 valence electrons. The van der Waals surface area contributed by atoms with Gasteiger partial charge in [-0.25, -0.2) is 9.98 Å². The van der Waals surface area contributed by atoms with Gasteiger partial charge in [0.15, 0.2) is 11.7 Å². The van der Waals surface area contributed by atoms with Crippen LogP contribution < -0.4 is 0 Å². The lowest BCUT2D eigenvalue weighted by molar-refractivity contribution is 0.791. The zero-order valence-electron chi connectivity index (χ0n) is 38.2. The highest BCUT2D eigenvalue weighted by molar-refractivity contribution is 6.16. The number of rotatable bonds is 6. The molecule has 0 radical (unpaired) electrons. The summed E-state index contributed by atoms with van der Waals surface area (Å²) in [6.45, 7) is 4.63. The standard InChI is InChI=1S/C65H43N5/c1-66-64(54-25-16-24-53-48-19-4-11-28-57(48)65(62(53)54)55-26-9-2-17-46(55)47-18-3-10-27-56(47)65)68-63(43-35-39-45(40-36-43)70-60-31-14-7-22-51(60)52-23-8-15-32-61(52)70)67-41-42-33-37-44(38-34-42)69-58-29-12-5-20-49(58)50-21-6-13-30-59(50)69/h2-40H,1,41H2. The average Bonchev–Trinajstić information content (AvgIpc) is 4.14. The molecule has 0 N–H and O–H groups in total. The van der Waals surface area contributed by atoms with Gasteiger partial charge in [0.1, 0.15) is 0 Å². The highest BCUT2D eigenvalue weighted by Gasteiger charge is 2.52. The van der Waals surface area contributed by atoms with Gasteiger partial charge in [0.25, 0.3) is 0 Å². The van der Waals surface area contributed by atoms with Crippen LogP contribution in [0.15, 0.2) is 252 Å². The normalized spacial score (nSPS) is 13.5. The Hall–Kier alpha value is -9.19. The number of hydrogen-bond donors (Lipinski definition) is 0. The first-order valence-electron chi connectivity index (χ1n) is 23.9. The van der Waals surface area contributed by atoms with Gasteiger partial charge in [-0.2, -0.15) is 0 Å². The van der Waals surface area contributed by atoms with Crippen LogP contribution in [0.3, 0.4) is 0 Å². The predicted octanol–water partition coefficient (Wildman–Crippen LogP) is 15.3. The van der Waals surface area contributed by atoms with E-state index in [1.807, 2.05) is 0 Å². The second-order valence-electron chi connectivity index (χ2n) is 18.3. The molecule has 0 saturated carbocycles. The highest BCUT2D eigenvalue weighted by Crippen LogP contribution is 2.63. The van der Waals surface area contributed by atoms with Crippen molar-refractivity contribution in [1.29, 1.82) is 0 Å². The molecule has 0 bridgehead atoms. The number of hydrogen-bond acceptors (Lipinski definition) is 1. The Morgan fingerprint density at radius 3 is 1.26 bits per heavy atom. The summed E-state index contributed by atoms with van der Waals surface area (Å²) in [6.07, 6.45) is 0. The molecular weight excluding hydrogens is 851 g/mol. The minimum Gasteiger partial charge on any atom is -0.309 e. The van der Waals surface area contributed by atoms with Gasteiger partial charge >= 0.3 is 0 Å². The van der Waals surface area contributed by atoms with Gasteiger partial charge in [0.05, 0.1) is 34.0 Å². The van der Waals surface area contributed by atoms with Gasteiger partial charge in [0, 0.05) is 44.0 Å². The number of nitrogens with zero attached hydrogens (tertiary/aromatic N) is 5. The Labute approximate surface area is 405 Å². The Morgan fingerprint density at radius 1 is 0.386 bits per heavy atom. The van der Waals surface area contributed by atoms with E-state index in [9.17, 15) is 0 Å². The van der Waals surface area contributed by atoms with Crippen molar-refractivity contribution in [3.8, 4) is 33.6 Å². The molecule has 14 rings (SSSR count). The number of para-hydroxylation sites is 4. The van der Waals surface area contributed by atoms with E-state index in [0.29, 0.717) is 18.2 Å². The minimum absolute atomic E-state index is 0.411. The molecular formula is C65H43N5. The van der Waals surface area contributed by atoms with Gasteiger partial charge < -0.3 is 9.13 Å². The number of aromatic nitrogens is 2. The van der Waals surface area contributed by atoms with Crippen molar-refractivity contribution in [1.82, 2.24) is 9.13 Å². The molecule has 2 aliphatic rings. The summed E-state index contributed by atoms with van der Waals surface area (Å²) in [6, 6.07) is 85.0. The molecule has 12 aromatic rings. The van der Waals surface area contributed by atoms with E-state index in [4.69, 9.17) is 15.0 Å². The van der Waals surface area contributed by atoms with Crippen molar-refractivity contribution in [2.45, 2.75) is 12.0 Å². The van der Waals surface area contributed by atoms with Crippen LogP contribution in [0.1, 0.15) is 38.9 Å². The zero-order valence-corrected chi connectivity index (χ0v) is 38.2. The second kappa shape index (κ2) is 15.7. The smallest absolute Gasteiger partial charge is 0.161 e.